The summed E-state index contributed by atoms with van der Waals surface area (Å²) >= 11 is 4.54. The summed E-state index contributed by atoms with van der Waals surface area (Å²) < 4.78 is 124. The molecule has 0 radical (unpaired) electrons. The van der Waals surface area contributed by atoms with Gasteiger partial charge in [0.25, 0.3) is 17.8 Å². The van der Waals surface area contributed by atoms with Crippen LogP contribution < -0.4 is 23.5 Å². The van der Waals surface area contributed by atoms with Crippen molar-refractivity contribution in [2.45, 2.75) is 115 Å². The molecule has 0 aliphatic carbocycles. The number of hydrogen-bond acceptors (Lipinski definition) is 13. The van der Waals surface area contributed by atoms with Gasteiger partial charge in [-0.25, -0.2) is 31.1 Å². The number of quaternary nitrogens is 1. The number of ether oxygens (including phenoxy) is 4. The summed E-state index contributed by atoms with van der Waals surface area (Å²) in [5.41, 5.74) is 6.61. The number of aliphatic hydroxyl groups excluding tert-OH is 1. The first-order valence-corrected chi connectivity index (χ1v) is 29.1. The summed E-state index contributed by atoms with van der Waals surface area (Å²) in [5, 5.41) is 11.0. The van der Waals surface area contributed by atoms with E-state index in [2.05, 4.69) is 22.7 Å². The molecular weight excluding hydrogens is 1290 g/mol. The van der Waals surface area contributed by atoms with E-state index in [4.69, 9.17) is 19.3 Å². The van der Waals surface area contributed by atoms with Crippen molar-refractivity contribution in [3.05, 3.63) is 214 Å². The van der Waals surface area contributed by atoms with E-state index in [1.807, 2.05) is 17.4 Å². The number of alkyl halides is 8. The number of nitrogens with one attached hydrogen (secondary N) is 1. The molecule has 3 atom stereocenters. The van der Waals surface area contributed by atoms with Crippen molar-refractivity contribution in [1.29, 1.82) is 0 Å². The van der Waals surface area contributed by atoms with E-state index in [-0.39, 0.29) is 55.0 Å². The van der Waals surface area contributed by atoms with Crippen LogP contribution in [-0.2, 0) is 33.3 Å². The van der Waals surface area contributed by atoms with Gasteiger partial charge in [-0.3, -0.25) is 28.8 Å². The van der Waals surface area contributed by atoms with Gasteiger partial charge in [0.1, 0.15) is 18.8 Å². The molecule has 0 heterocycles. The number of hydrogen-bond donors (Lipinski definition) is 3. The summed E-state index contributed by atoms with van der Waals surface area (Å²) in [6, 6.07) is 45.6. The van der Waals surface area contributed by atoms with Gasteiger partial charge in [0, 0.05) is 46.2 Å². The molecule has 0 aliphatic heterocycles. The van der Waals surface area contributed by atoms with Gasteiger partial charge in [-0.1, -0.05) is 165 Å². The lowest BCUT2D eigenvalue weighted by atomic mass is 9.96. The van der Waals surface area contributed by atoms with Gasteiger partial charge in [0.05, 0.1) is 24.3 Å². The van der Waals surface area contributed by atoms with Crippen LogP contribution in [0, 0.1) is 0 Å². The zero-order chi connectivity index (χ0) is 68.2. The molecule has 0 saturated carbocycles. The number of amides is 1. The Morgan fingerprint density at radius 2 is 0.817 bits per heavy atom. The quantitative estimate of drug-likeness (QED) is 0.0152. The zero-order valence-corrected chi connectivity index (χ0v) is 54.5. The number of benzene rings is 6. The van der Waals surface area contributed by atoms with E-state index < -0.39 is 117 Å². The molecule has 0 fully saturated rings. The number of esters is 3. The first kappa shape index (κ1) is 83.1. The number of rotatable bonds is 26. The van der Waals surface area contributed by atoms with E-state index in [0.29, 0.717) is 50.1 Å². The molecule has 506 valence electrons. The maximum Gasteiger partial charge on any atom is 0.407 e. The number of alkyl carbamates (subject to hydrolysis) is 1. The number of ketones is 3. The number of carbonyl (C=O) groups excluding carboxylic acids is 7. The van der Waals surface area contributed by atoms with E-state index in [1.54, 1.807) is 186 Å². The number of thiocarbonyl (C=S) groups is 1. The van der Waals surface area contributed by atoms with Gasteiger partial charge < -0.3 is 47.5 Å². The minimum Gasteiger partial charge on any atom is -1.00 e. The van der Waals surface area contributed by atoms with Gasteiger partial charge in [0.15, 0.2) is 37.2 Å². The molecule has 0 bridgehead atoms. The van der Waals surface area contributed by atoms with Crippen molar-refractivity contribution in [3.63, 3.8) is 0 Å². The third-order valence-electron chi connectivity index (χ3n) is 13.0. The molecule has 5 N–H and O–H groups in total. The molecular formula is C68H76Cl2F8N2O12S. The Labute approximate surface area is 553 Å². The highest BCUT2D eigenvalue weighted by molar-refractivity contribution is 7.78. The van der Waals surface area contributed by atoms with Crippen LogP contribution in [0.25, 0.3) is 0 Å². The fourth-order valence-electron chi connectivity index (χ4n) is 7.52. The van der Waals surface area contributed by atoms with Crippen LogP contribution in [0.1, 0.15) is 150 Å². The highest BCUT2D eigenvalue weighted by Gasteiger charge is 2.35. The van der Waals surface area contributed by atoms with Crippen molar-refractivity contribution in [2.24, 2.45) is 0 Å². The third-order valence-corrected chi connectivity index (χ3v) is 13.3. The van der Waals surface area contributed by atoms with Crippen molar-refractivity contribution in [1.82, 2.24) is 5.32 Å². The Morgan fingerprint density at radius 1 is 0.505 bits per heavy atom. The summed E-state index contributed by atoms with van der Waals surface area (Å²) in [6.45, 7) is 4.87. The summed E-state index contributed by atoms with van der Waals surface area (Å²) in [5.74, 6) is -17.9. The van der Waals surface area contributed by atoms with Gasteiger partial charge >= 0.3 is 29.9 Å². The van der Waals surface area contributed by atoms with Crippen molar-refractivity contribution in [2.75, 3.05) is 39.5 Å². The minimum absolute atomic E-state index is 0. The van der Waals surface area contributed by atoms with Crippen LogP contribution in [-0.4, -0.2) is 121 Å². The van der Waals surface area contributed by atoms with E-state index >= 15 is 0 Å². The standard InChI is InChI=1S/C24H27F2NO5.C21H20F2O3S.C19H19F2NO3.C4H8F2O.2ClH/c1-16(18-11-8-12-19(13-18)20(28)17-9-6-5-7-10-17)21(29)31-15-24(25,26)14-27-22(30)32-23(2,3)4;1-15(20(25)26-14-21(22,23)11-6-12-27)17-9-5-10-18(13-17)19(24)16-7-3-2-4-8-16;1-13(18(24)25-12-19(20,21)11-22)15-8-5-9-16(10-15)17(23)14-6-3-2-4-7-14;1-2-4(5,6)3-7;;/h5-13,16H,14-15H2,1-4H3,(H,27,30);2-5,7-10,12-13,15H,6,11,14H2,1H3;2-10,13H,11-12,22H2,1H3;7H,2-3H2,1H3;2*1H/t16-;15-;13-;;;/m111.../s1. The predicted molar refractivity (Wildman–Crippen MR) is 336 cm³/mol. The summed E-state index contributed by atoms with van der Waals surface area (Å²) in [4.78, 5) is 85.6. The monoisotopic (exact) mass is 1370 g/mol. The lowest BCUT2D eigenvalue weighted by Gasteiger charge is -2.22. The molecule has 93 heavy (non-hydrogen) atoms. The van der Waals surface area contributed by atoms with Crippen LogP contribution in [0.15, 0.2) is 164 Å². The van der Waals surface area contributed by atoms with E-state index in [1.165, 1.54) is 19.2 Å². The molecule has 0 unspecified atom stereocenters. The lowest BCUT2D eigenvalue weighted by molar-refractivity contribution is -0.409. The Hall–Kier alpha value is -7.96. The van der Waals surface area contributed by atoms with Gasteiger partial charge in [-0.2, -0.15) is 8.78 Å². The highest BCUT2D eigenvalue weighted by atomic mass is 35.5. The van der Waals surface area contributed by atoms with Gasteiger partial charge in [0.2, 0.25) is 0 Å². The summed E-state index contributed by atoms with van der Waals surface area (Å²) in [6.07, 6.45) is -1.67. The molecule has 6 aromatic rings. The number of aliphatic hydroxyl groups is 1. The second kappa shape index (κ2) is 39.6. The van der Waals surface area contributed by atoms with E-state index in [9.17, 15) is 68.7 Å². The molecule has 14 nitrogen and oxygen atoms in total. The van der Waals surface area contributed by atoms with Crippen LogP contribution in [0.3, 0.4) is 0 Å². The van der Waals surface area contributed by atoms with Crippen LogP contribution in [0.5, 0.6) is 0 Å². The third kappa shape index (κ3) is 30.1. The number of carbonyl (C=O) groups is 7. The molecule has 1 amide bonds. The fraction of sp³-hybridized carbons (Fsp3) is 0.353. The minimum atomic E-state index is -3.47. The van der Waals surface area contributed by atoms with E-state index in [0.717, 1.165) is 0 Å². The first-order chi connectivity index (χ1) is 42.7. The lowest BCUT2D eigenvalue weighted by Crippen LogP contribution is -3.00. The molecule has 6 aromatic carbocycles. The Balaban J connectivity index is 0.000000659. The van der Waals surface area contributed by atoms with Crippen LogP contribution in [0.2, 0.25) is 0 Å². The van der Waals surface area contributed by atoms with Gasteiger partial charge in [-0.15, -0.1) is 12.4 Å². The van der Waals surface area contributed by atoms with Crippen molar-refractivity contribution < 1.29 is 111 Å². The molecule has 25 heteroatoms. The van der Waals surface area contributed by atoms with Crippen LogP contribution in [0.4, 0.5) is 39.9 Å². The first-order valence-electron chi connectivity index (χ1n) is 28.6. The van der Waals surface area contributed by atoms with Crippen molar-refractivity contribution in [3.8, 4) is 0 Å². The smallest absolute Gasteiger partial charge is 0.407 e. The fourth-order valence-corrected chi connectivity index (χ4v) is 7.64. The average molecular weight is 1370 g/mol. The normalized spacial score (nSPS) is 12.1. The summed E-state index contributed by atoms with van der Waals surface area (Å²) in [7, 11) is 0. The average Bonchev–Trinajstić information content (AvgIpc) is 1.07. The Bertz CT molecular complexity index is 3340. The maximum atomic E-state index is 14.0. The topological polar surface area (TPSA) is 216 Å². The maximum absolute atomic E-state index is 14.0. The second-order valence-electron chi connectivity index (χ2n) is 21.7. The molecule has 0 aromatic heterocycles. The van der Waals surface area contributed by atoms with Gasteiger partial charge in [-0.05, 0) is 88.2 Å². The Kier molecular flexibility index (Phi) is 35.3. The molecule has 0 spiro atoms. The molecule has 6 rings (SSSR count). The highest BCUT2D eigenvalue weighted by Crippen LogP contribution is 2.27. The number of halogens is 10. The predicted octanol–water partition coefficient (Wildman–Crippen LogP) is 10.6. The zero-order valence-electron chi connectivity index (χ0n) is 52.1. The van der Waals surface area contributed by atoms with Crippen LogP contribution >= 0.6 is 24.6 Å². The molecule has 0 aliphatic rings. The largest absolute Gasteiger partial charge is 1.00 e. The SMILES string of the molecule is CCC(F)(F)CO.C[C@@H](C(=O)OCC(F)(F)CCC=S)c1cccc(C(=O)c2ccccc2)c1.C[C@@H](C(=O)OCC(F)(F)CNC(=O)OC(C)(C)C)c1cccc(C(=O)c2ccccc2)c1.C[C@@H](C(=O)OCC(F)(F)C[NH3+])c1cccc(C(=O)c2ccccc2)c1.Cl.[Cl-]. The molecule has 0 saturated heterocycles. The van der Waals surface area contributed by atoms with Crippen molar-refractivity contribution >= 4 is 71.3 Å². The second-order valence-corrected chi connectivity index (χ2v) is 22.0. The Morgan fingerprint density at radius 3 is 1.10 bits per heavy atom.